The Balaban J connectivity index is 1.87. The van der Waals surface area contributed by atoms with Crippen LogP contribution in [0.5, 0.6) is 5.75 Å². The zero-order valence-electron chi connectivity index (χ0n) is 12.5. The van der Waals surface area contributed by atoms with E-state index in [2.05, 4.69) is 0 Å². The molecule has 0 saturated carbocycles. The monoisotopic (exact) mass is 372 g/mol. The van der Waals surface area contributed by atoms with E-state index in [1.54, 1.807) is 24.3 Å². The number of alkyl halides is 3. The molecule has 0 radical (unpaired) electrons. The zero-order chi connectivity index (χ0) is 17.5. The first kappa shape index (κ1) is 17.2. The molecule has 0 fully saturated rings. The van der Waals surface area contributed by atoms with Crippen molar-refractivity contribution in [2.24, 2.45) is 0 Å². The van der Waals surface area contributed by atoms with Crippen LogP contribution in [0.15, 0.2) is 41.3 Å². The molecule has 1 unspecified atom stereocenters. The molecular formula is C17H12ClF3O2S. The summed E-state index contributed by atoms with van der Waals surface area (Å²) in [5.41, 5.74) is -2.39. The van der Waals surface area contributed by atoms with Gasteiger partial charge in [0.1, 0.15) is 5.75 Å². The van der Waals surface area contributed by atoms with Crippen LogP contribution in [0, 0.1) is 0 Å². The Bertz CT molecular complexity index is 788. The Labute approximate surface area is 146 Å². The Hall–Kier alpha value is -1.66. The van der Waals surface area contributed by atoms with E-state index < -0.39 is 11.4 Å². The van der Waals surface area contributed by atoms with Gasteiger partial charge in [0.2, 0.25) is 0 Å². The van der Waals surface area contributed by atoms with E-state index in [4.69, 9.17) is 16.3 Å². The highest BCUT2D eigenvalue weighted by Crippen LogP contribution is 2.42. The van der Waals surface area contributed by atoms with E-state index in [1.165, 1.54) is 19.2 Å². The van der Waals surface area contributed by atoms with E-state index in [0.29, 0.717) is 28.3 Å². The fraction of sp³-hybridized carbons (Fsp3) is 0.235. The molecule has 2 nitrogen and oxygen atoms in total. The number of carbonyl (C=O) groups excluding carboxylic acids is 1. The van der Waals surface area contributed by atoms with Gasteiger partial charge in [0, 0.05) is 10.5 Å². The Morgan fingerprint density at radius 2 is 1.83 bits per heavy atom. The summed E-state index contributed by atoms with van der Waals surface area (Å²) in [6.45, 7) is 0. The van der Waals surface area contributed by atoms with Gasteiger partial charge in [-0.1, -0.05) is 23.7 Å². The predicted octanol–water partition coefficient (Wildman–Crippen LogP) is 5.48. The van der Waals surface area contributed by atoms with Gasteiger partial charge in [-0.2, -0.15) is 13.2 Å². The third-order valence-electron chi connectivity index (χ3n) is 3.93. The molecule has 3 rings (SSSR count). The summed E-state index contributed by atoms with van der Waals surface area (Å²) in [6, 6.07) is 9.21. The lowest BCUT2D eigenvalue weighted by Crippen LogP contribution is -2.07. The van der Waals surface area contributed by atoms with Gasteiger partial charge in [-0.3, -0.25) is 4.79 Å². The molecule has 0 heterocycles. The molecule has 1 aliphatic rings. The average Bonchev–Trinajstić information content (AvgIpc) is 2.85. The molecule has 0 saturated heterocycles. The molecule has 0 amide bonds. The molecule has 2 aromatic rings. The summed E-state index contributed by atoms with van der Waals surface area (Å²) in [4.78, 5) is 12.7. The number of thioether (sulfide) groups is 1. The summed E-state index contributed by atoms with van der Waals surface area (Å²) in [6.07, 6.45) is 0.413. The number of hydrogen-bond acceptors (Lipinski definition) is 3. The molecule has 0 aliphatic heterocycles. The lowest BCUT2D eigenvalue weighted by atomic mass is 9.95. The number of rotatable bonds is 3. The first-order valence-corrected chi connectivity index (χ1v) is 8.25. The van der Waals surface area contributed by atoms with Crippen LogP contribution in [0.25, 0.3) is 0 Å². The van der Waals surface area contributed by atoms with Crippen LogP contribution in [-0.2, 0) is 6.42 Å². The lowest BCUT2D eigenvalue weighted by Gasteiger charge is -2.10. The molecule has 0 N–H and O–H groups in total. The van der Waals surface area contributed by atoms with Crippen LogP contribution in [0.2, 0.25) is 5.02 Å². The first-order chi connectivity index (χ1) is 11.3. The van der Waals surface area contributed by atoms with Crippen molar-refractivity contribution < 1.29 is 22.7 Å². The van der Waals surface area contributed by atoms with Crippen molar-refractivity contribution in [2.75, 3.05) is 7.11 Å². The van der Waals surface area contributed by atoms with Crippen molar-refractivity contribution >= 4 is 29.1 Å². The van der Waals surface area contributed by atoms with Crippen LogP contribution in [-0.4, -0.2) is 18.4 Å². The van der Waals surface area contributed by atoms with Gasteiger partial charge in [0.15, 0.2) is 5.78 Å². The van der Waals surface area contributed by atoms with Gasteiger partial charge in [-0.15, -0.1) is 0 Å². The van der Waals surface area contributed by atoms with Crippen LogP contribution in [0.3, 0.4) is 0 Å². The molecule has 24 heavy (non-hydrogen) atoms. The molecule has 2 aromatic carbocycles. The van der Waals surface area contributed by atoms with Gasteiger partial charge in [-0.25, -0.2) is 0 Å². The van der Waals surface area contributed by atoms with Crippen molar-refractivity contribution in [3.8, 4) is 5.75 Å². The number of ketones is 1. The van der Waals surface area contributed by atoms with E-state index in [9.17, 15) is 18.0 Å². The molecule has 126 valence electrons. The zero-order valence-corrected chi connectivity index (χ0v) is 14.1. The average molecular weight is 373 g/mol. The third-order valence-corrected chi connectivity index (χ3v) is 5.09. The number of hydrogen-bond donors (Lipinski definition) is 0. The normalized spacial score (nSPS) is 17.0. The van der Waals surface area contributed by atoms with E-state index in [1.807, 2.05) is 0 Å². The second-order valence-electron chi connectivity index (χ2n) is 5.35. The molecule has 1 atom stereocenters. The summed E-state index contributed by atoms with van der Waals surface area (Å²) in [5.74, 6) is -0.0129. The van der Waals surface area contributed by atoms with Crippen LogP contribution < -0.4 is 4.74 Å². The lowest BCUT2D eigenvalue weighted by molar-refractivity contribution is -0.0328. The standard InChI is InChI=1S/C17H12ClF3O2S/c1-23-14-7-6-11-13(15(14)18)8-12(16(11)22)9-2-4-10(5-3-9)24-17(19,20)21/h2-7,12H,8H2,1H3. The predicted molar refractivity (Wildman–Crippen MR) is 87.1 cm³/mol. The first-order valence-electron chi connectivity index (χ1n) is 7.05. The Morgan fingerprint density at radius 1 is 1.17 bits per heavy atom. The number of methoxy groups -OCH3 is 1. The van der Waals surface area contributed by atoms with E-state index in [-0.39, 0.29) is 22.4 Å². The molecule has 0 bridgehead atoms. The van der Waals surface area contributed by atoms with Gasteiger partial charge >= 0.3 is 5.51 Å². The molecule has 1 aliphatic carbocycles. The Kier molecular flexibility index (Phi) is 4.53. The summed E-state index contributed by atoms with van der Waals surface area (Å²) >= 11 is 6.09. The third kappa shape index (κ3) is 3.26. The highest BCUT2D eigenvalue weighted by molar-refractivity contribution is 8.00. The van der Waals surface area contributed by atoms with Gasteiger partial charge in [-0.05, 0) is 53.6 Å². The number of benzene rings is 2. The van der Waals surface area contributed by atoms with E-state index in [0.717, 1.165) is 5.56 Å². The van der Waals surface area contributed by atoms with Crippen LogP contribution in [0.4, 0.5) is 13.2 Å². The molecular weight excluding hydrogens is 361 g/mol. The minimum atomic E-state index is -4.33. The maximum Gasteiger partial charge on any atom is 0.446 e. The van der Waals surface area contributed by atoms with Gasteiger partial charge in [0.25, 0.3) is 0 Å². The highest BCUT2D eigenvalue weighted by Gasteiger charge is 2.34. The Morgan fingerprint density at radius 3 is 2.42 bits per heavy atom. The number of carbonyl (C=O) groups is 1. The quantitative estimate of drug-likeness (QED) is 0.667. The number of halogens is 4. The minimum absolute atomic E-state index is 0.0780. The molecule has 0 aromatic heterocycles. The maximum absolute atomic E-state index is 12.6. The second-order valence-corrected chi connectivity index (χ2v) is 6.86. The smallest absolute Gasteiger partial charge is 0.446 e. The van der Waals surface area contributed by atoms with Crippen LogP contribution >= 0.6 is 23.4 Å². The topological polar surface area (TPSA) is 26.3 Å². The van der Waals surface area contributed by atoms with Gasteiger partial charge in [0.05, 0.1) is 18.1 Å². The fourth-order valence-corrected chi connectivity index (χ4v) is 3.70. The molecule has 0 spiro atoms. The van der Waals surface area contributed by atoms with Crippen LogP contribution in [0.1, 0.15) is 27.4 Å². The fourth-order valence-electron chi connectivity index (χ4n) is 2.84. The SMILES string of the molecule is COc1ccc2c(c1Cl)CC(c1ccc(SC(F)(F)F)cc1)C2=O. The summed E-state index contributed by atoms with van der Waals surface area (Å²) in [7, 11) is 1.50. The number of fused-ring (bicyclic) bond motifs is 1. The maximum atomic E-state index is 12.6. The summed E-state index contributed by atoms with van der Waals surface area (Å²) in [5, 5.41) is 0.412. The van der Waals surface area contributed by atoms with E-state index >= 15 is 0 Å². The molecule has 7 heteroatoms. The largest absolute Gasteiger partial charge is 0.495 e. The number of ether oxygens (including phenoxy) is 1. The highest BCUT2D eigenvalue weighted by atomic mass is 35.5. The second kappa shape index (κ2) is 6.33. The minimum Gasteiger partial charge on any atom is -0.495 e. The van der Waals surface area contributed by atoms with Crippen molar-refractivity contribution in [2.45, 2.75) is 22.7 Å². The summed E-state index contributed by atoms with van der Waals surface area (Å²) < 4.78 is 42.3. The van der Waals surface area contributed by atoms with Crippen molar-refractivity contribution in [1.29, 1.82) is 0 Å². The van der Waals surface area contributed by atoms with Crippen molar-refractivity contribution in [1.82, 2.24) is 0 Å². The number of Topliss-reactive ketones (excluding diaryl/α,β-unsaturated/α-hetero) is 1. The van der Waals surface area contributed by atoms with Crippen molar-refractivity contribution in [3.05, 3.63) is 58.1 Å². The van der Waals surface area contributed by atoms with Crippen molar-refractivity contribution in [3.63, 3.8) is 0 Å². The van der Waals surface area contributed by atoms with Gasteiger partial charge < -0.3 is 4.74 Å².